The molecule has 0 spiro atoms. The molecule has 0 N–H and O–H groups in total. The van der Waals surface area contributed by atoms with Gasteiger partial charge in [0.05, 0.1) is 10.9 Å². The molecule has 0 unspecified atom stereocenters. The predicted octanol–water partition coefficient (Wildman–Crippen LogP) is 6.47. The van der Waals surface area contributed by atoms with Crippen LogP contribution in [0.3, 0.4) is 0 Å². The second-order valence-electron chi connectivity index (χ2n) is 6.94. The zero-order valence-corrected chi connectivity index (χ0v) is 16.2. The maximum absolute atomic E-state index is 4.17. The Hall–Kier alpha value is -3.19. The van der Waals surface area contributed by atoms with Crippen LogP contribution in [0.5, 0.6) is 0 Å². The van der Waals surface area contributed by atoms with Gasteiger partial charge in [-0.25, -0.2) is 4.57 Å². The number of nitrogens with zero attached hydrogens (tertiary/aromatic N) is 1. The summed E-state index contributed by atoms with van der Waals surface area (Å²) >= 11 is 0. The van der Waals surface area contributed by atoms with Crippen molar-refractivity contribution in [2.24, 2.45) is 7.05 Å². The number of fused-ring (bicyclic) bond motifs is 2. The van der Waals surface area contributed by atoms with Crippen molar-refractivity contribution in [3.8, 4) is 11.3 Å². The van der Waals surface area contributed by atoms with Crippen LogP contribution >= 0.6 is 0 Å². The van der Waals surface area contributed by atoms with E-state index in [-0.39, 0.29) is 0 Å². The zero-order valence-electron chi connectivity index (χ0n) is 16.2. The summed E-state index contributed by atoms with van der Waals surface area (Å²) in [7, 11) is 2.12. The third-order valence-corrected chi connectivity index (χ3v) is 5.38. The maximum atomic E-state index is 4.17. The fourth-order valence-corrected chi connectivity index (χ4v) is 4.15. The molecule has 0 aliphatic carbocycles. The Labute approximate surface area is 160 Å². The van der Waals surface area contributed by atoms with E-state index in [2.05, 4.69) is 105 Å². The van der Waals surface area contributed by atoms with Gasteiger partial charge in [-0.2, -0.15) is 0 Å². The fourth-order valence-electron chi connectivity index (χ4n) is 4.15. The van der Waals surface area contributed by atoms with Crippen molar-refractivity contribution in [2.45, 2.75) is 13.8 Å². The summed E-state index contributed by atoms with van der Waals surface area (Å²) < 4.78 is 2.23. The SMILES string of the molecule is C=Cc1c(-c2c3ccccc3cc[n+]2C)c(C)c2ccccc2c1/C=C\C. The minimum Gasteiger partial charge on any atom is -0.200 e. The summed E-state index contributed by atoms with van der Waals surface area (Å²) in [6.45, 7) is 8.47. The molecule has 4 aromatic rings. The minimum absolute atomic E-state index is 1.19. The lowest BCUT2D eigenvalue weighted by Crippen LogP contribution is -2.31. The van der Waals surface area contributed by atoms with Crippen LogP contribution in [0.1, 0.15) is 23.6 Å². The average Bonchev–Trinajstić information content (AvgIpc) is 2.70. The molecule has 0 saturated carbocycles. The normalized spacial score (nSPS) is 11.5. The van der Waals surface area contributed by atoms with Crippen LogP contribution in [0.4, 0.5) is 0 Å². The van der Waals surface area contributed by atoms with E-state index in [1.165, 1.54) is 49.5 Å². The van der Waals surface area contributed by atoms with Gasteiger partial charge in [0, 0.05) is 6.07 Å². The first-order valence-corrected chi connectivity index (χ1v) is 9.35. The summed E-state index contributed by atoms with van der Waals surface area (Å²) in [4.78, 5) is 0. The van der Waals surface area contributed by atoms with E-state index in [9.17, 15) is 0 Å². The van der Waals surface area contributed by atoms with Gasteiger partial charge in [0.15, 0.2) is 6.20 Å². The van der Waals surface area contributed by atoms with Gasteiger partial charge in [0.1, 0.15) is 7.05 Å². The van der Waals surface area contributed by atoms with Gasteiger partial charge in [-0.05, 0) is 52.8 Å². The average molecular weight is 350 g/mol. The summed E-state index contributed by atoms with van der Waals surface area (Å²) in [6, 6.07) is 19.4. The van der Waals surface area contributed by atoms with Crippen LogP contribution in [0.2, 0.25) is 0 Å². The number of benzene rings is 3. The van der Waals surface area contributed by atoms with E-state index >= 15 is 0 Å². The minimum atomic E-state index is 1.19. The summed E-state index contributed by atoms with van der Waals surface area (Å²) in [5.74, 6) is 0. The fraction of sp³-hybridized carbons (Fsp3) is 0.115. The summed E-state index contributed by atoms with van der Waals surface area (Å²) in [6.07, 6.45) is 8.46. The highest BCUT2D eigenvalue weighted by molar-refractivity contribution is 6.05. The van der Waals surface area contributed by atoms with Crippen LogP contribution < -0.4 is 4.57 Å². The summed E-state index contributed by atoms with van der Waals surface area (Å²) in [5, 5.41) is 5.07. The topological polar surface area (TPSA) is 3.88 Å². The van der Waals surface area contributed by atoms with Gasteiger partial charge in [0.2, 0.25) is 5.69 Å². The highest BCUT2D eigenvalue weighted by Gasteiger charge is 2.23. The Morgan fingerprint density at radius 2 is 1.52 bits per heavy atom. The molecule has 1 heteroatoms. The number of hydrogen-bond donors (Lipinski definition) is 0. The van der Waals surface area contributed by atoms with E-state index in [1.807, 2.05) is 6.08 Å². The van der Waals surface area contributed by atoms with Crippen LogP contribution in [0.25, 0.3) is 45.0 Å². The molecule has 0 aliphatic heterocycles. The maximum Gasteiger partial charge on any atom is 0.221 e. The van der Waals surface area contributed by atoms with Crippen LogP contribution in [-0.2, 0) is 7.05 Å². The monoisotopic (exact) mass is 350 g/mol. The van der Waals surface area contributed by atoms with E-state index in [1.54, 1.807) is 0 Å². The van der Waals surface area contributed by atoms with Crippen molar-refractivity contribution >= 4 is 33.7 Å². The van der Waals surface area contributed by atoms with Crippen molar-refractivity contribution in [2.75, 3.05) is 0 Å². The smallest absolute Gasteiger partial charge is 0.200 e. The van der Waals surface area contributed by atoms with Gasteiger partial charge >= 0.3 is 0 Å². The molecule has 132 valence electrons. The molecule has 0 bridgehead atoms. The lowest BCUT2D eigenvalue weighted by atomic mass is 9.86. The van der Waals surface area contributed by atoms with Crippen molar-refractivity contribution in [3.63, 3.8) is 0 Å². The first-order valence-electron chi connectivity index (χ1n) is 9.35. The number of hydrogen-bond acceptors (Lipinski definition) is 0. The molecular weight excluding hydrogens is 326 g/mol. The second-order valence-corrected chi connectivity index (χ2v) is 6.94. The van der Waals surface area contributed by atoms with Crippen LogP contribution in [0.15, 0.2) is 73.4 Å². The summed E-state index contributed by atoms with van der Waals surface area (Å²) in [5.41, 5.74) is 6.21. The highest BCUT2D eigenvalue weighted by Crippen LogP contribution is 2.39. The lowest BCUT2D eigenvalue weighted by Gasteiger charge is -2.17. The van der Waals surface area contributed by atoms with Gasteiger partial charge < -0.3 is 0 Å². The molecule has 0 fully saturated rings. The number of rotatable bonds is 3. The van der Waals surface area contributed by atoms with Crippen LogP contribution in [-0.4, -0.2) is 0 Å². The van der Waals surface area contributed by atoms with Gasteiger partial charge in [-0.1, -0.05) is 67.3 Å². The zero-order chi connectivity index (χ0) is 19.0. The van der Waals surface area contributed by atoms with Crippen molar-refractivity contribution in [1.82, 2.24) is 0 Å². The largest absolute Gasteiger partial charge is 0.221 e. The van der Waals surface area contributed by atoms with Crippen LogP contribution in [0, 0.1) is 6.92 Å². The molecule has 1 heterocycles. The number of allylic oxidation sites excluding steroid dienone is 1. The molecular formula is C26H24N+. The molecule has 0 radical (unpaired) electrons. The molecule has 0 aliphatic rings. The number of pyridine rings is 1. The molecule has 3 aromatic carbocycles. The first kappa shape index (κ1) is 17.2. The Kier molecular flexibility index (Phi) is 4.37. The quantitative estimate of drug-likeness (QED) is 0.373. The lowest BCUT2D eigenvalue weighted by molar-refractivity contribution is -0.659. The standard InChI is InChI=1S/C26H24N/c1-5-11-23-20(6-2)25(18(3)21-13-9-10-15-24(21)23)26-22-14-8-7-12-19(22)16-17-27(26)4/h5-17H,2H2,1,3-4H3/q+1/b11-5-. The third kappa shape index (κ3) is 2.67. The van der Waals surface area contributed by atoms with Crippen molar-refractivity contribution < 1.29 is 4.57 Å². The van der Waals surface area contributed by atoms with E-state index in [0.717, 1.165) is 0 Å². The van der Waals surface area contributed by atoms with Crippen molar-refractivity contribution in [1.29, 1.82) is 0 Å². The Bertz CT molecular complexity index is 1210. The molecule has 0 saturated heterocycles. The third-order valence-electron chi connectivity index (χ3n) is 5.38. The molecule has 4 rings (SSSR count). The van der Waals surface area contributed by atoms with Gasteiger partial charge in [-0.3, -0.25) is 0 Å². The van der Waals surface area contributed by atoms with Gasteiger partial charge in [0.25, 0.3) is 0 Å². The Morgan fingerprint density at radius 1 is 0.852 bits per heavy atom. The Balaban J connectivity index is 2.26. The van der Waals surface area contributed by atoms with E-state index < -0.39 is 0 Å². The molecule has 0 amide bonds. The van der Waals surface area contributed by atoms with E-state index in [4.69, 9.17) is 0 Å². The number of aryl methyl sites for hydroxylation is 2. The number of aromatic nitrogens is 1. The molecule has 0 atom stereocenters. The highest BCUT2D eigenvalue weighted by atomic mass is 14.9. The van der Waals surface area contributed by atoms with Crippen molar-refractivity contribution in [3.05, 3.63) is 90.1 Å². The first-order chi connectivity index (χ1) is 13.2. The van der Waals surface area contributed by atoms with Gasteiger partial charge in [-0.15, -0.1) is 0 Å². The second kappa shape index (κ2) is 6.85. The predicted molar refractivity (Wildman–Crippen MR) is 118 cm³/mol. The molecule has 1 nitrogen and oxygen atoms in total. The molecule has 27 heavy (non-hydrogen) atoms. The van der Waals surface area contributed by atoms with E-state index in [0.29, 0.717) is 0 Å². The molecule has 1 aromatic heterocycles. The Morgan fingerprint density at radius 3 is 2.22 bits per heavy atom.